The first kappa shape index (κ1) is 18.1. The summed E-state index contributed by atoms with van der Waals surface area (Å²) in [5, 5.41) is 3.22. The summed E-state index contributed by atoms with van der Waals surface area (Å²) in [6, 6.07) is 3.60. The topological polar surface area (TPSA) is 144 Å². The molecule has 1 aromatic rings. The maximum atomic E-state index is 11.7. The van der Waals surface area contributed by atoms with Gasteiger partial charge in [0.25, 0.3) is 10.1 Å². The Hall–Kier alpha value is -1.91. The van der Waals surface area contributed by atoms with Crippen molar-refractivity contribution in [2.45, 2.75) is 17.7 Å². The SMILES string of the molecule is C=CS(=O)(=O)CCCC(=O)Nc1ccc(N)c(S(=O)(=O)O)c1. The second kappa shape index (κ2) is 6.90. The van der Waals surface area contributed by atoms with Gasteiger partial charge in [0.05, 0.1) is 11.4 Å². The van der Waals surface area contributed by atoms with Crippen molar-refractivity contribution in [2.75, 3.05) is 16.8 Å². The minimum Gasteiger partial charge on any atom is -0.398 e. The maximum absolute atomic E-state index is 11.7. The predicted molar refractivity (Wildman–Crippen MR) is 82.5 cm³/mol. The monoisotopic (exact) mass is 348 g/mol. The second-order valence-corrected chi connectivity index (χ2v) is 7.87. The molecule has 22 heavy (non-hydrogen) atoms. The number of benzene rings is 1. The molecule has 0 unspecified atom stereocenters. The van der Waals surface area contributed by atoms with Gasteiger partial charge < -0.3 is 11.1 Å². The number of nitrogens with one attached hydrogen (secondary N) is 1. The third-order valence-electron chi connectivity index (χ3n) is 2.66. The number of sulfone groups is 1. The molecule has 1 amide bonds. The highest BCUT2D eigenvalue weighted by Crippen LogP contribution is 2.22. The molecule has 0 aliphatic carbocycles. The fraction of sp³-hybridized carbons (Fsp3) is 0.250. The highest BCUT2D eigenvalue weighted by atomic mass is 32.2. The molecule has 0 atom stereocenters. The second-order valence-electron chi connectivity index (χ2n) is 4.41. The summed E-state index contributed by atoms with van der Waals surface area (Å²) in [5.41, 5.74) is 5.39. The van der Waals surface area contributed by atoms with E-state index in [0.29, 0.717) is 0 Å². The summed E-state index contributed by atoms with van der Waals surface area (Å²) in [6.45, 7) is 3.16. The molecule has 0 spiro atoms. The van der Waals surface area contributed by atoms with Crippen molar-refractivity contribution < 1.29 is 26.2 Å². The van der Waals surface area contributed by atoms with Gasteiger partial charge in [-0.25, -0.2) is 8.42 Å². The molecule has 10 heteroatoms. The normalized spacial score (nSPS) is 11.9. The number of nitrogens with two attached hydrogens (primary N) is 1. The van der Waals surface area contributed by atoms with E-state index in [4.69, 9.17) is 10.3 Å². The van der Waals surface area contributed by atoms with Crippen LogP contribution in [0.1, 0.15) is 12.8 Å². The average molecular weight is 348 g/mol. The molecular formula is C12H16N2O6S2. The minimum absolute atomic E-state index is 0.0708. The molecule has 0 saturated carbocycles. The lowest BCUT2D eigenvalue weighted by Crippen LogP contribution is -2.14. The molecule has 122 valence electrons. The lowest BCUT2D eigenvalue weighted by atomic mass is 10.2. The summed E-state index contributed by atoms with van der Waals surface area (Å²) in [4.78, 5) is 11.1. The molecule has 0 aliphatic rings. The number of rotatable bonds is 7. The number of carbonyl (C=O) groups excluding carboxylic acids is 1. The molecular weight excluding hydrogens is 332 g/mol. The van der Waals surface area contributed by atoms with Crippen LogP contribution in [-0.4, -0.2) is 33.0 Å². The molecule has 0 bridgehead atoms. The van der Waals surface area contributed by atoms with E-state index >= 15 is 0 Å². The number of carbonyl (C=O) groups is 1. The maximum Gasteiger partial charge on any atom is 0.296 e. The van der Waals surface area contributed by atoms with Gasteiger partial charge in [-0.15, -0.1) is 0 Å². The van der Waals surface area contributed by atoms with Gasteiger partial charge in [-0.2, -0.15) is 8.42 Å². The van der Waals surface area contributed by atoms with Crippen molar-refractivity contribution in [3.8, 4) is 0 Å². The third kappa shape index (κ3) is 5.47. The zero-order chi connectivity index (χ0) is 17.0. The summed E-state index contributed by atoms with van der Waals surface area (Å²) in [7, 11) is -7.86. The Morgan fingerprint density at radius 3 is 2.50 bits per heavy atom. The largest absolute Gasteiger partial charge is 0.398 e. The van der Waals surface area contributed by atoms with Gasteiger partial charge in [0.15, 0.2) is 9.84 Å². The average Bonchev–Trinajstić information content (AvgIpc) is 2.39. The van der Waals surface area contributed by atoms with Crippen LogP contribution in [0.4, 0.5) is 11.4 Å². The van der Waals surface area contributed by atoms with Gasteiger partial charge in [-0.1, -0.05) is 6.58 Å². The molecule has 0 fully saturated rings. The van der Waals surface area contributed by atoms with E-state index in [1.54, 1.807) is 0 Å². The molecule has 0 radical (unpaired) electrons. The van der Waals surface area contributed by atoms with Crippen LogP contribution in [0.5, 0.6) is 0 Å². The van der Waals surface area contributed by atoms with E-state index in [9.17, 15) is 21.6 Å². The highest BCUT2D eigenvalue weighted by Gasteiger charge is 2.15. The minimum atomic E-state index is -4.50. The predicted octanol–water partition coefficient (Wildman–Crippen LogP) is 0.793. The van der Waals surface area contributed by atoms with Crippen LogP contribution in [0, 0.1) is 0 Å². The van der Waals surface area contributed by atoms with Crippen molar-refractivity contribution in [1.29, 1.82) is 0 Å². The van der Waals surface area contributed by atoms with Gasteiger partial charge in [0.1, 0.15) is 4.90 Å². The molecule has 0 aromatic heterocycles. The number of hydrogen-bond donors (Lipinski definition) is 3. The van der Waals surface area contributed by atoms with E-state index in [1.165, 1.54) is 12.1 Å². The fourth-order valence-electron chi connectivity index (χ4n) is 1.58. The van der Waals surface area contributed by atoms with Crippen LogP contribution >= 0.6 is 0 Å². The van der Waals surface area contributed by atoms with Gasteiger partial charge in [0, 0.05) is 17.5 Å². The van der Waals surface area contributed by atoms with E-state index in [-0.39, 0.29) is 30.0 Å². The third-order valence-corrected chi connectivity index (χ3v) is 4.94. The van der Waals surface area contributed by atoms with Crippen molar-refractivity contribution in [2.24, 2.45) is 0 Å². The first-order valence-corrected chi connectivity index (χ1v) is 9.23. The Kier molecular flexibility index (Phi) is 5.69. The van der Waals surface area contributed by atoms with E-state index in [0.717, 1.165) is 11.5 Å². The van der Waals surface area contributed by atoms with Crippen molar-refractivity contribution in [3.63, 3.8) is 0 Å². The van der Waals surface area contributed by atoms with Crippen LogP contribution in [0.3, 0.4) is 0 Å². The van der Waals surface area contributed by atoms with Crippen molar-refractivity contribution >= 4 is 37.2 Å². The molecule has 8 nitrogen and oxygen atoms in total. The number of nitrogen functional groups attached to an aromatic ring is 1. The molecule has 4 N–H and O–H groups in total. The first-order valence-electron chi connectivity index (χ1n) is 6.07. The van der Waals surface area contributed by atoms with Crippen LogP contribution in [-0.2, 0) is 24.7 Å². The van der Waals surface area contributed by atoms with Crippen molar-refractivity contribution in [1.82, 2.24) is 0 Å². The van der Waals surface area contributed by atoms with Crippen molar-refractivity contribution in [3.05, 3.63) is 30.2 Å². The Bertz CT molecular complexity index is 784. The summed E-state index contributed by atoms with van der Waals surface area (Å²) < 4.78 is 53.5. The molecule has 0 saturated heterocycles. The first-order chi connectivity index (χ1) is 10.0. The number of anilines is 2. The zero-order valence-electron chi connectivity index (χ0n) is 11.5. The summed E-state index contributed by atoms with van der Waals surface area (Å²) in [5.74, 6) is -0.701. The van der Waals surface area contributed by atoms with Gasteiger partial charge in [-0.3, -0.25) is 9.35 Å². The Labute approximate surface area is 128 Å². The highest BCUT2D eigenvalue weighted by molar-refractivity contribution is 7.94. The zero-order valence-corrected chi connectivity index (χ0v) is 13.2. The quantitative estimate of drug-likeness (QED) is 0.488. The molecule has 1 aromatic carbocycles. The summed E-state index contributed by atoms with van der Waals surface area (Å²) in [6.07, 6.45) is 0.0268. The molecule has 1 rings (SSSR count). The molecule has 0 heterocycles. The smallest absolute Gasteiger partial charge is 0.296 e. The standard InChI is InChI=1S/C12H16N2O6S2/c1-2-21(16,17)7-3-4-12(15)14-9-5-6-10(13)11(8-9)22(18,19)20/h2,5-6,8H,1,3-4,7,13H2,(H,14,15)(H,18,19,20). The fourth-order valence-corrected chi connectivity index (χ4v) is 2.93. The molecule has 0 aliphatic heterocycles. The van der Waals surface area contributed by atoms with Crippen LogP contribution in [0.25, 0.3) is 0 Å². The van der Waals surface area contributed by atoms with Crippen LogP contribution in [0.15, 0.2) is 35.1 Å². The van der Waals surface area contributed by atoms with Gasteiger partial charge in [-0.05, 0) is 24.6 Å². The van der Waals surface area contributed by atoms with E-state index < -0.39 is 30.8 Å². The van der Waals surface area contributed by atoms with Crippen LogP contribution < -0.4 is 11.1 Å². The van der Waals surface area contributed by atoms with E-state index in [2.05, 4.69) is 11.9 Å². The van der Waals surface area contributed by atoms with Crippen LogP contribution in [0.2, 0.25) is 0 Å². The van der Waals surface area contributed by atoms with E-state index in [1.807, 2.05) is 0 Å². The number of amides is 1. The van der Waals surface area contributed by atoms with Gasteiger partial charge >= 0.3 is 0 Å². The Morgan fingerprint density at radius 1 is 1.32 bits per heavy atom. The Balaban J connectivity index is 2.72. The lowest BCUT2D eigenvalue weighted by Gasteiger charge is -2.08. The summed E-state index contributed by atoms with van der Waals surface area (Å²) >= 11 is 0. The van der Waals surface area contributed by atoms with Gasteiger partial charge in [0.2, 0.25) is 5.91 Å². The number of hydrogen-bond acceptors (Lipinski definition) is 6. The lowest BCUT2D eigenvalue weighted by molar-refractivity contribution is -0.116. The Morgan fingerprint density at radius 2 is 1.95 bits per heavy atom.